The molecule has 0 atom stereocenters. The topological polar surface area (TPSA) is 128 Å². The molecule has 156 valence electrons. The Morgan fingerprint density at radius 2 is 0.840 bits per heavy atom. The first-order valence-corrected chi connectivity index (χ1v) is 8.76. The first-order chi connectivity index (χ1) is 11.4. The molecular weight excluding hydrogens is 407 g/mol. The number of rotatable bonds is 10. The maximum atomic E-state index is 8.53. The third kappa shape index (κ3) is 59.0. The van der Waals surface area contributed by atoms with Gasteiger partial charge in [-0.3, -0.25) is 0 Å². The summed E-state index contributed by atoms with van der Waals surface area (Å²) in [5.74, 6) is 0. The van der Waals surface area contributed by atoms with E-state index in [1.807, 2.05) is 13.8 Å². The summed E-state index contributed by atoms with van der Waals surface area (Å²) in [6.45, 7) is 10.3. The molecule has 0 aliphatic carbocycles. The molecular formula is C16H42N2O6Zr. The quantitative estimate of drug-likeness (QED) is 0.272. The molecule has 0 aliphatic rings. The summed E-state index contributed by atoms with van der Waals surface area (Å²) in [5, 5.41) is 51.6. The Morgan fingerprint density at radius 3 is 0.880 bits per heavy atom. The van der Waals surface area contributed by atoms with Crippen LogP contribution in [0.2, 0.25) is 0 Å². The van der Waals surface area contributed by atoms with Gasteiger partial charge in [0.15, 0.2) is 0 Å². The van der Waals surface area contributed by atoms with Crippen molar-refractivity contribution in [2.24, 2.45) is 0 Å². The maximum Gasteiger partial charge on any atom is 0.0581 e. The fraction of sp³-hybridized carbons (Fsp3) is 1.00. The Hall–Kier alpha value is 0.563. The molecule has 0 spiro atoms. The Bertz CT molecular complexity index is 163. The molecule has 0 aromatic carbocycles. The van der Waals surface area contributed by atoms with Crippen LogP contribution in [0.5, 0.6) is 0 Å². The summed E-state index contributed by atoms with van der Waals surface area (Å²) in [4.78, 5) is 0. The van der Waals surface area contributed by atoms with Crippen LogP contribution in [0, 0.1) is 0 Å². The average molecular weight is 450 g/mol. The van der Waals surface area contributed by atoms with Gasteiger partial charge in [-0.05, 0) is 12.8 Å². The van der Waals surface area contributed by atoms with Crippen LogP contribution in [-0.4, -0.2) is 93.6 Å². The molecule has 0 aliphatic heterocycles. The van der Waals surface area contributed by atoms with E-state index >= 15 is 0 Å². The second-order valence-electron chi connectivity index (χ2n) is 4.69. The maximum absolute atomic E-state index is 8.53. The van der Waals surface area contributed by atoms with Crippen LogP contribution in [0.4, 0.5) is 0 Å². The predicted molar refractivity (Wildman–Crippen MR) is 96.2 cm³/mol. The van der Waals surface area contributed by atoms with Crippen molar-refractivity contribution in [2.75, 3.05) is 52.6 Å². The third-order valence-electron chi connectivity index (χ3n) is 2.47. The van der Waals surface area contributed by atoms with Gasteiger partial charge in [0.05, 0.1) is 13.2 Å². The zero-order chi connectivity index (χ0) is 19.6. The molecule has 25 heavy (non-hydrogen) atoms. The van der Waals surface area contributed by atoms with E-state index in [2.05, 4.69) is 13.8 Å². The van der Waals surface area contributed by atoms with Crippen molar-refractivity contribution in [3.05, 3.63) is 0 Å². The van der Waals surface area contributed by atoms with E-state index < -0.39 is 0 Å². The van der Waals surface area contributed by atoms with Gasteiger partial charge in [-0.25, -0.2) is 0 Å². The van der Waals surface area contributed by atoms with Crippen LogP contribution >= 0.6 is 0 Å². The van der Waals surface area contributed by atoms with E-state index in [1.54, 1.807) is 0 Å². The number of unbranched alkanes of at least 4 members (excludes halogenated alkanes) is 2. The number of hydrogen-bond acceptors (Lipinski definition) is 8. The Labute approximate surface area is 173 Å². The molecule has 9 heteroatoms. The van der Waals surface area contributed by atoms with Gasteiger partial charge in [-0.1, -0.05) is 40.5 Å². The van der Waals surface area contributed by atoms with Crippen molar-refractivity contribution >= 4 is 0 Å². The number of likely N-dealkylation sites (N-methyl/N-ethyl adjacent to an activating group) is 2. The van der Waals surface area contributed by atoms with Crippen LogP contribution < -0.4 is 0 Å². The van der Waals surface area contributed by atoms with Crippen molar-refractivity contribution in [3.63, 3.8) is 0 Å². The van der Waals surface area contributed by atoms with E-state index in [9.17, 15) is 0 Å². The molecule has 0 saturated carbocycles. The second-order valence-corrected chi connectivity index (χ2v) is 4.69. The molecule has 0 fully saturated rings. The number of aliphatic hydroxyl groups is 4. The molecule has 0 bridgehead atoms. The predicted octanol–water partition coefficient (Wildman–Crippen LogP) is 0.935. The van der Waals surface area contributed by atoms with E-state index in [0.717, 1.165) is 35.8 Å². The second kappa shape index (κ2) is 39.6. The molecule has 0 aromatic heterocycles. The number of hydrogen-bond donors (Lipinski definition) is 6. The van der Waals surface area contributed by atoms with E-state index in [4.69, 9.17) is 30.8 Å². The number of hydroxylamine groups is 4. The fourth-order valence-electron chi connectivity index (χ4n) is 0.863. The van der Waals surface area contributed by atoms with Gasteiger partial charge in [-0.15, -0.1) is 0 Å². The van der Waals surface area contributed by atoms with Crippen molar-refractivity contribution in [2.45, 2.75) is 53.4 Å². The van der Waals surface area contributed by atoms with Crippen molar-refractivity contribution in [3.8, 4) is 0 Å². The minimum atomic E-state index is 0. The molecule has 6 N–H and O–H groups in total. The van der Waals surface area contributed by atoms with Gasteiger partial charge in [0.1, 0.15) is 0 Å². The molecule has 0 amide bonds. The summed E-state index contributed by atoms with van der Waals surface area (Å²) in [6.07, 6.45) is 4.08. The van der Waals surface area contributed by atoms with Gasteiger partial charge in [0.2, 0.25) is 0 Å². The summed E-state index contributed by atoms with van der Waals surface area (Å²) in [5.41, 5.74) is 0. The van der Waals surface area contributed by atoms with Gasteiger partial charge in [0, 0.05) is 65.6 Å². The minimum absolute atomic E-state index is 0. The zero-order valence-corrected chi connectivity index (χ0v) is 19.0. The third-order valence-corrected chi connectivity index (χ3v) is 2.47. The average Bonchev–Trinajstić information content (AvgIpc) is 2.58. The summed E-state index contributed by atoms with van der Waals surface area (Å²) in [6, 6.07) is 0. The largest absolute Gasteiger partial charge is 0.396 e. The van der Waals surface area contributed by atoms with Crippen molar-refractivity contribution in [1.82, 2.24) is 10.1 Å². The van der Waals surface area contributed by atoms with Crippen molar-refractivity contribution < 1.29 is 57.0 Å². The molecule has 0 saturated heterocycles. The normalized spacial score (nSPS) is 9.12. The van der Waals surface area contributed by atoms with E-state index in [-0.39, 0.29) is 39.4 Å². The first-order valence-electron chi connectivity index (χ1n) is 8.76. The Morgan fingerprint density at radius 1 is 0.560 bits per heavy atom. The monoisotopic (exact) mass is 448 g/mol. The van der Waals surface area contributed by atoms with Crippen LogP contribution in [0.1, 0.15) is 53.4 Å². The summed E-state index contributed by atoms with van der Waals surface area (Å²) in [7, 11) is 0. The summed E-state index contributed by atoms with van der Waals surface area (Å²) >= 11 is 0. The molecule has 0 heterocycles. The number of aliphatic hydroxyl groups excluding tert-OH is 4. The van der Waals surface area contributed by atoms with Crippen LogP contribution in [-0.2, 0) is 26.2 Å². The van der Waals surface area contributed by atoms with E-state index in [0.29, 0.717) is 39.4 Å². The summed E-state index contributed by atoms with van der Waals surface area (Å²) < 4.78 is 0. The standard InChI is InChI=1S/2C4H11NO2.2C4H10O.Zr/c2*1-2-5(7)3-4-6;2*1-2-3-4-5;/h2*6-7H,2-4H2,1H3;2*5H,2-4H2,1H3;. The first kappa shape index (κ1) is 36.5. The molecule has 0 rings (SSSR count). The molecule has 0 unspecified atom stereocenters. The Kier molecular flexibility index (Phi) is 57.7. The number of nitrogens with zero attached hydrogens (tertiary/aromatic N) is 2. The van der Waals surface area contributed by atoms with Crippen LogP contribution in [0.3, 0.4) is 0 Å². The zero-order valence-electron chi connectivity index (χ0n) is 16.6. The van der Waals surface area contributed by atoms with Crippen LogP contribution in [0.15, 0.2) is 0 Å². The van der Waals surface area contributed by atoms with Gasteiger partial charge in [0.25, 0.3) is 0 Å². The smallest absolute Gasteiger partial charge is 0.0581 e. The molecule has 0 aromatic rings. The Balaban J connectivity index is -0.0000000711. The SMILES string of the molecule is CCCCO.CCCCO.CCN(O)CCO.CCN(O)CCO.[Zr]. The molecule has 8 nitrogen and oxygen atoms in total. The van der Waals surface area contributed by atoms with Crippen LogP contribution in [0.25, 0.3) is 0 Å². The van der Waals surface area contributed by atoms with Crippen molar-refractivity contribution in [1.29, 1.82) is 0 Å². The molecule has 0 radical (unpaired) electrons. The van der Waals surface area contributed by atoms with Gasteiger partial charge >= 0.3 is 0 Å². The fourth-order valence-corrected chi connectivity index (χ4v) is 0.863. The van der Waals surface area contributed by atoms with E-state index in [1.165, 1.54) is 0 Å². The minimum Gasteiger partial charge on any atom is -0.396 e. The van der Waals surface area contributed by atoms with Gasteiger partial charge < -0.3 is 30.8 Å². The van der Waals surface area contributed by atoms with Gasteiger partial charge in [-0.2, -0.15) is 10.1 Å².